The molecule has 2 atom stereocenters. The van der Waals surface area contributed by atoms with E-state index in [4.69, 9.17) is 4.74 Å². The van der Waals surface area contributed by atoms with Gasteiger partial charge < -0.3 is 9.84 Å². The fraction of sp³-hybridized carbons (Fsp3) is 0.200. The monoisotopic (exact) mass is 228 g/mol. The first-order valence-corrected chi connectivity index (χ1v) is 5.72. The van der Waals surface area contributed by atoms with Crippen molar-refractivity contribution in [3.63, 3.8) is 0 Å². The van der Waals surface area contributed by atoms with E-state index in [1.807, 2.05) is 67.6 Å². The molecule has 2 aromatic carbocycles. The first kappa shape index (κ1) is 11.7. The van der Waals surface area contributed by atoms with Crippen LogP contribution in [0.15, 0.2) is 60.7 Å². The Kier molecular flexibility index (Phi) is 3.78. The smallest absolute Gasteiger partial charge is 0.126 e. The SMILES string of the molecule is C[C@H](Oc1ccccc1)[C@H](O)c1ccccc1. The quantitative estimate of drug-likeness (QED) is 0.870. The Balaban J connectivity index is 2.03. The molecular weight excluding hydrogens is 212 g/mol. The molecule has 1 N–H and O–H groups in total. The minimum Gasteiger partial charge on any atom is -0.488 e. The fourth-order valence-corrected chi connectivity index (χ4v) is 1.70. The maximum atomic E-state index is 10.1. The van der Waals surface area contributed by atoms with Crippen LogP contribution < -0.4 is 4.74 Å². The molecule has 2 aromatic rings. The number of hydrogen-bond donors (Lipinski definition) is 1. The third kappa shape index (κ3) is 3.08. The summed E-state index contributed by atoms with van der Waals surface area (Å²) in [5.74, 6) is 0.773. The topological polar surface area (TPSA) is 29.5 Å². The second-order valence-corrected chi connectivity index (χ2v) is 3.99. The van der Waals surface area contributed by atoms with Crippen molar-refractivity contribution in [2.45, 2.75) is 19.1 Å². The zero-order valence-electron chi connectivity index (χ0n) is 9.78. The van der Waals surface area contributed by atoms with Crippen molar-refractivity contribution in [3.05, 3.63) is 66.2 Å². The standard InChI is InChI=1S/C15H16O2/c1-12(17-14-10-6-3-7-11-14)15(16)13-8-4-2-5-9-13/h2-12,15-16H,1H3/t12-,15-/m0/s1. The minimum absolute atomic E-state index is 0.278. The van der Waals surface area contributed by atoms with Gasteiger partial charge in [0.1, 0.15) is 18.0 Å². The minimum atomic E-state index is -0.614. The first-order valence-electron chi connectivity index (χ1n) is 5.72. The van der Waals surface area contributed by atoms with Gasteiger partial charge in [0.15, 0.2) is 0 Å². The summed E-state index contributed by atoms with van der Waals surface area (Å²) in [6, 6.07) is 19.1. The van der Waals surface area contributed by atoms with E-state index in [1.165, 1.54) is 0 Å². The molecule has 17 heavy (non-hydrogen) atoms. The van der Waals surface area contributed by atoms with E-state index in [0.29, 0.717) is 0 Å². The maximum Gasteiger partial charge on any atom is 0.126 e. The van der Waals surface area contributed by atoms with E-state index < -0.39 is 6.10 Å². The van der Waals surface area contributed by atoms with E-state index >= 15 is 0 Å². The normalized spacial score (nSPS) is 14.0. The van der Waals surface area contributed by atoms with Gasteiger partial charge in [0.25, 0.3) is 0 Å². The zero-order valence-corrected chi connectivity index (χ0v) is 9.78. The number of aliphatic hydroxyl groups is 1. The van der Waals surface area contributed by atoms with Crippen LogP contribution >= 0.6 is 0 Å². The van der Waals surface area contributed by atoms with Gasteiger partial charge in [-0.1, -0.05) is 48.5 Å². The van der Waals surface area contributed by atoms with Crippen molar-refractivity contribution in [3.8, 4) is 5.75 Å². The molecule has 0 aliphatic carbocycles. The molecule has 0 bridgehead atoms. The summed E-state index contributed by atoms with van der Waals surface area (Å²) in [7, 11) is 0. The molecule has 2 heteroatoms. The van der Waals surface area contributed by atoms with Crippen LogP contribution in [0, 0.1) is 0 Å². The molecule has 0 aromatic heterocycles. The van der Waals surface area contributed by atoms with Gasteiger partial charge >= 0.3 is 0 Å². The fourth-order valence-electron chi connectivity index (χ4n) is 1.70. The maximum absolute atomic E-state index is 10.1. The summed E-state index contributed by atoms with van der Waals surface area (Å²) >= 11 is 0. The first-order chi connectivity index (χ1) is 8.27. The van der Waals surface area contributed by atoms with Crippen LogP contribution in [-0.2, 0) is 0 Å². The molecular formula is C15H16O2. The number of aliphatic hydroxyl groups excluding tert-OH is 1. The van der Waals surface area contributed by atoms with Gasteiger partial charge in [0, 0.05) is 0 Å². The average Bonchev–Trinajstić information content (AvgIpc) is 2.40. The van der Waals surface area contributed by atoms with Gasteiger partial charge in [0.2, 0.25) is 0 Å². The number of hydrogen-bond acceptors (Lipinski definition) is 2. The number of ether oxygens (including phenoxy) is 1. The molecule has 0 aliphatic rings. The third-order valence-corrected chi connectivity index (χ3v) is 2.65. The van der Waals surface area contributed by atoms with Crippen LogP contribution in [0.25, 0.3) is 0 Å². The summed E-state index contributed by atoms with van der Waals surface area (Å²) in [5, 5.41) is 10.1. The lowest BCUT2D eigenvalue weighted by molar-refractivity contribution is 0.0467. The van der Waals surface area contributed by atoms with E-state index in [2.05, 4.69) is 0 Å². The van der Waals surface area contributed by atoms with Gasteiger partial charge in [-0.15, -0.1) is 0 Å². The Bertz CT molecular complexity index is 439. The summed E-state index contributed by atoms with van der Waals surface area (Å²) in [6.45, 7) is 1.87. The van der Waals surface area contributed by atoms with Crippen molar-refractivity contribution in [2.24, 2.45) is 0 Å². The highest BCUT2D eigenvalue weighted by Gasteiger charge is 2.17. The highest BCUT2D eigenvalue weighted by molar-refractivity contribution is 5.23. The number of benzene rings is 2. The Hall–Kier alpha value is -1.80. The van der Waals surface area contributed by atoms with E-state index in [1.54, 1.807) is 0 Å². The third-order valence-electron chi connectivity index (χ3n) is 2.65. The largest absolute Gasteiger partial charge is 0.488 e. The molecule has 0 aliphatic heterocycles. The van der Waals surface area contributed by atoms with E-state index in [9.17, 15) is 5.11 Å². The second kappa shape index (κ2) is 5.51. The van der Waals surface area contributed by atoms with Crippen LogP contribution in [0.4, 0.5) is 0 Å². The van der Waals surface area contributed by atoms with Crippen LogP contribution in [0.3, 0.4) is 0 Å². The highest BCUT2D eigenvalue weighted by atomic mass is 16.5. The van der Waals surface area contributed by atoms with Gasteiger partial charge in [-0.2, -0.15) is 0 Å². The van der Waals surface area contributed by atoms with E-state index in [0.717, 1.165) is 11.3 Å². The zero-order chi connectivity index (χ0) is 12.1. The van der Waals surface area contributed by atoms with Crippen molar-refractivity contribution >= 4 is 0 Å². The molecule has 0 unspecified atom stereocenters. The second-order valence-electron chi connectivity index (χ2n) is 3.99. The Morgan fingerprint density at radius 3 is 2.00 bits per heavy atom. The van der Waals surface area contributed by atoms with Crippen LogP contribution in [-0.4, -0.2) is 11.2 Å². The van der Waals surface area contributed by atoms with Crippen LogP contribution in [0.1, 0.15) is 18.6 Å². The van der Waals surface area contributed by atoms with Crippen molar-refractivity contribution < 1.29 is 9.84 Å². The molecule has 0 saturated heterocycles. The van der Waals surface area contributed by atoms with Crippen molar-refractivity contribution in [1.82, 2.24) is 0 Å². The molecule has 2 nitrogen and oxygen atoms in total. The molecule has 0 radical (unpaired) electrons. The lowest BCUT2D eigenvalue weighted by atomic mass is 10.1. The van der Waals surface area contributed by atoms with Crippen LogP contribution in [0.2, 0.25) is 0 Å². The predicted octanol–water partition coefficient (Wildman–Crippen LogP) is 3.19. The Labute approximate surface area is 101 Å². The summed E-state index contributed by atoms with van der Waals surface area (Å²) in [5.41, 5.74) is 0.871. The molecule has 0 amide bonds. The summed E-state index contributed by atoms with van der Waals surface area (Å²) < 4.78 is 5.68. The summed E-state index contributed by atoms with van der Waals surface area (Å²) in [6.07, 6.45) is -0.892. The summed E-state index contributed by atoms with van der Waals surface area (Å²) in [4.78, 5) is 0. The van der Waals surface area contributed by atoms with Gasteiger partial charge in [-0.05, 0) is 24.6 Å². The number of rotatable bonds is 4. The van der Waals surface area contributed by atoms with E-state index in [-0.39, 0.29) is 6.10 Å². The predicted molar refractivity (Wildman–Crippen MR) is 67.9 cm³/mol. The van der Waals surface area contributed by atoms with Crippen molar-refractivity contribution in [1.29, 1.82) is 0 Å². The highest BCUT2D eigenvalue weighted by Crippen LogP contribution is 2.21. The van der Waals surface area contributed by atoms with Crippen LogP contribution in [0.5, 0.6) is 5.75 Å². The Morgan fingerprint density at radius 1 is 0.882 bits per heavy atom. The molecule has 2 rings (SSSR count). The average molecular weight is 228 g/mol. The number of para-hydroxylation sites is 1. The van der Waals surface area contributed by atoms with Gasteiger partial charge in [-0.3, -0.25) is 0 Å². The lowest BCUT2D eigenvalue weighted by Gasteiger charge is -2.20. The molecule has 0 saturated carbocycles. The Morgan fingerprint density at radius 2 is 1.41 bits per heavy atom. The van der Waals surface area contributed by atoms with Gasteiger partial charge in [-0.25, -0.2) is 0 Å². The van der Waals surface area contributed by atoms with Crippen molar-refractivity contribution in [2.75, 3.05) is 0 Å². The molecule has 0 spiro atoms. The molecule has 88 valence electrons. The molecule has 0 heterocycles. The van der Waals surface area contributed by atoms with Gasteiger partial charge in [0.05, 0.1) is 0 Å². The lowest BCUT2D eigenvalue weighted by Crippen LogP contribution is -2.21. The molecule has 0 fully saturated rings.